The first-order valence-electron chi connectivity index (χ1n) is 3.38. The number of rotatable bonds is 3. The van der Waals surface area contributed by atoms with Gasteiger partial charge in [0.2, 0.25) is 0 Å². The monoisotopic (exact) mass is 191 g/mol. The number of nitrogens with zero attached hydrogens (tertiary/aromatic N) is 3. The highest BCUT2D eigenvalue weighted by molar-refractivity contribution is 5.75. The van der Waals surface area contributed by atoms with E-state index in [4.69, 9.17) is 5.11 Å². The zero-order valence-electron chi connectivity index (χ0n) is 6.74. The Bertz CT molecular complexity index is 323. The normalized spacial score (nSPS) is 11.6. The molecule has 0 fully saturated rings. The second-order valence-electron chi connectivity index (χ2n) is 2.57. The summed E-state index contributed by atoms with van der Waals surface area (Å²) in [5.41, 5.74) is -0.0464. The van der Waals surface area contributed by atoms with E-state index in [1.165, 1.54) is 17.9 Å². The Hall–Kier alpha value is -1.53. The second-order valence-corrected chi connectivity index (χ2v) is 2.57. The van der Waals surface area contributed by atoms with Crippen LogP contribution in [0.4, 0.5) is 8.78 Å². The van der Waals surface area contributed by atoms with Crippen molar-refractivity contribution in [1.82, 2.24) is 15.0 Å². The molecule has 0 amide bonds. The van der Waals surface area contributed by atoms with E-state index >= 15 is 0 Å². The van der Waals surface area contributed by atoms with Gasteiger partial charge in [-0.15, -0.1) is 5.10 Å². The van der Waals surface area contributed by atoms with Crippen LogP contribution in [0, 0.1) is 0 Å². The van der Waals surface area contributed by atoms with Crippen LogP contribution in [0.25, 0.3) is 0 Å². The molecule has 1 N–H and O–H groups in total. The maximum atomic E-state index is 12.6. The summed E-state index contributed by atoms with van der Waals surface area (Å²) in [7, 11) is 1.51. The lowest BCUT2D eigenvalue weighted by atomic mass is 10.2. The molecule has 0 unspecified atom stereocenters. The van der Waals surface area contributed by atoms with Gasteiger partial charge in [0.1, 0.15) is 0 Å². The van der Waals surface area contributed by atoms with Crippen LogP contribution >= 0.6 is 0 Å². The second kappa shape index (κ2) is 3.08. The molecule has 0 aromatic carbocycles. The minimum absolute atomic E-state index is 0.0464. The average molecular weight is 191 g/mol. The Morgan fingerprint density at radius 3 is 2.77 bits per heavy atom. The number of halogens is 2. The van der Waals surface area contributed by atoms with Gasteiger partial charge in [-0.05, 0) is 0 Å². The number of carboxylic acids is 1. The molecule has 0 aliphatic carbocycles. The Balaban J connectivity index is 2.74. The maximum absolute atomic E-state index is 12.6. The van der Waals surface area contributed by atoms with E-state index < -0.39 is 18.3 Å². The molecule has 0 spiro atoms. The van der Waals surface area contributed by atoms with Gasteiger partial charge in [-0.3, -0.25) is 4.68 Å². The number of aliphatic carboxylic acids is 1. The molecular formula is C6H7F2N3O2. The van der Waals surface area contributed by atoms with E-state index in [1.54, 1.807) is 0 Å². The fraction of sp³-hybridized carbons (Fsp3) is 0.500. The molecule has 0 aliphatic rings. The van der Waals surface area contributed by atoms with Crippen molar-refractivity contribution in [2.45, 2.75) is 12.3 Å². The van der Waals surface area contributed by atoms with Crippen molar-refractivity contribution in [2.24, 2.45) is 7.05 Å². The molecule has 1 aromatic rings. The van der Waals surface area contributed by atoms with E-state index in [9.17, 15) is 13.6 Å². The number of aromatic nitrogens is 3. The first-order chi connectivity index (χ1) is 5.92. The Morgan fingerprint density at radius 2 is 2.38 bits per heavy atom. The van der Waals surface area contributed by atoms with Crippen molar-refractivity contribution in [3.63, 3.8) is 0 Å². The molecule has 72 valence electrons. The van der Waals surface area contributed by atoms with Gasteiger partial charge in [0.25, 0.3) is 0 Å². The van der Waals surface area contributed by atoms with E-state index in [2.05, 4.69) is 10.3 Å². The average Bonchev–Trinajstić information content (AvgIpc) is 2.34. The van der Waals surface area contributed by atoms with Gasteiger partial charge < -0.3 is 5.11 Å². The van der Waals surface area contributed by atoms with Gasteiger partial charge in [-0.25, -0.2) is 4.79 Å². The summed E-state index contributed by atoms with van der Waals surface area (Å²) in [6.45, 7) is 0. The quantitative estimate of drug-likeness (QED) is 0.734. The summed E-state index contributed by atoms with van der Waals surface area (Å²) in [6, 6.07) is 0. The topological polar surface area (TPSA) is 68.0 Å². The molecule has 7 heteroatoms. The Kier molecular flexibility index (Phi) is 2.26. The van der Waals surface area contributed by atoms with Crippen molar-refractivity contribution >= 4 is 5.97 Å². The lowest BCUT2D eigenvalue weighted by Gasteiger charge is -2.07. The van der Waals surface area contributed by atoms with Crippen molar-refractivity contribution in [1.29, 1.82) is 0 Å². The van der Waals surface area contributed by atoms with Gasteiger partial charge in [-0.2, -0.15) is 8.78 Å². The number of alkyl halides is 2. The summed E-state index contributed by atoms with van der Waals surface area (Å²) in [5, 5.41) is 14.9. The summed E-state index contributed by atoms with van der Waals surface area (Å²) >= 11 is 0. The summed E-state index contributed by atoms with van der Waals surface area (Å²) < 4.78 is 26.4. The SMILES string of the molecule is Cn1cc(CC(F)(F)C(=O)O)nn1. The van der Waals surface area contributed by atoms with Crippen molar-refractivity contribution in [3.05, 3.63) is 11.9 Å². The number of hydrogen-bond donors (Lipinski definition) is 1. The first-order valence-corrected chi connectivity index (χ1v) is 3.38. The van der Waals surface area contributed by atoms with Gasteiger partial charge in [0.15, 0.2) is 0 Å². The molecule has 0 saturated carbocycles. The highest BCUT2D eigenvalue weighted by Crippen LogP contribution is 2.18. The fourth-order valence-electron chi connectivity index (χ4n) is 0.779. The molecule has 13 heavy (non-hydrogen) atoms. The van der Waals surface area contributed by atoms with Crippen LogP contribution in [0.1, 0.15) is 5.69 Å². The third-order valence-electron chi connectivity index (χ3n) is 1.37. The Labute approximate surface area is 72.0 Å². The minimum atomic E-state index is -3.78. The molecule has 0 bridgehead atoms. The van der Waals surface area contributed by atoms with Gasteiger partial charge in [0.05, 0.1) is 12.1 Å². The van der Waals surface area contributed by atoms with Gasteiger partial charge in [-0.1, -0.05) is 5.21 Å². The van der Waals surface area contributed by atoms with E-state index in [1.807, 2.05) is 0 Å². The molecule has 1 aromatic heterocycles. The molecular weight excluding hydrogens is 184 g/mol. The molecule has 0 atom stereocenters. The minimum Gasteiger partial charge on any atom is -0.477 e. The highest BCUT2D eigenvalue weighted by Gasteiger charge is 2.39. The van der Waals surface area contributed by atoms with Crippen LogP contribution in [0.3, 0.4) is 0 Å². The lowest BCUT2D eigenvalue weighted by molar-refractivity contribution is -0.164. The predicted octanol–water partition coefficient (Wildman–Crippen LogP) is 0.0775. The summed E-state index contributed by atoms with van der Waals surface area (Å²) in [6.07, 6.45) is 0.313. The van der Waals surface area contributed by atoms with Crippen LogP contribution in [-0.4, -0.2) is 32.0 Å². The van der Waals surface area contributed by atoms with Gasteiger partial charge >= 0.3 is 11.9 Å². The molecule has 5 nitrogen and oxygen atoms in total. The van der Waals surface area contributed by atoms with Crippen molar-refractivity contribution in [2.75, 3.05) is 0 Å². The highest BCUT2D eigenvalue weighted by atomic mass is 19.3. The van der Waals surface area contributed by atoms with Crippen LogP contribution < -0.4 is 0 Å². The summed E-state index contributed by atoms with van der Waals surface area (Å²) in [4.78, 5) is 10.0. The van der Waals surface area contributed by atoms with Crippen molar-refractivity contribution < 1.29 is 18.7 Å². The molecule has 0 aliphatic heterocycles. The number of carbonyl (C=O) groups is 1. The zero-order chi connectivity index (χ0) is 10.1. The van der Waals surface area contributed by atoms with Crippen LogP contribution in [0.5, 0.6) is 0 Å². The largest absolute Gasteiger partial charge is 0.477 e. The predicted molar refractivity (Wildman–Crippen MR) is 37.3 cm³/mol. The summed E-state index contributed by atoms with van der Waals surface area (Å²) in [5.74, 6) is -5.94. The lowest BCUT2D eigenvalue weighted by Crippen LogP contribution is -2.30. The number of carboxylic acid groups (broad SMARTS) is 1. The third kappa shape index (κ3) is 2.20. The zero-order valence-corrected chi connectivity index (χ0v) is 6.74. The molecule has 1 heterocycles. The Morgan fingerprint density at radius 1 is 1.77 bits per heavy atom. The molecule has 0 radical (unpaired) electrons. The fourth-order valence-corrected chi connectivity index (χ4v) is 0.779. The molecule has 1 rings (SSSR count). The standard InChI is InChI=1S/C6H7F2N3O2/c1-11-3-4(9-10-11)2-6(7,8)5(12)13/h3H,2H2,1H3,(H,12,13). The number of hydrogen-bond acceptors (Lipinski definition) is 3. The smallest absolute Gasteiger partial charge is 0.374 e. The number of aryl methyl sites for hydroxylation is 1. The first kappa shape index (κ1) is 9.56. The van der Waals surface area contributed by atoms with Crippen LogP contribution in [-0.2, 0) is 18.3 Å². The third-order valence-corrected chi connectivity index (χ3v) is 1.37. The van der Waals surface area contributed by atoms with E-state index in [0.717, 1.165) is 0 Å². The van der Waals surface area contributed by atoms with Gasteiger partial charge in [0, 0.05) is 13.2 Å². The van der Waals surface area contributed by atoms with Crippen LogP contribution in [0.15, 0.2) is 6.20 Å². The van der Waals surface area contributed by atoms with Crippen LogP contribution in [0.2, 0.25) is 0 Å². The maximum Gasteiger partial charge on any atom is 0.374 e. The van der Waals surface area contributed by atoms with E-state index in [0.29, 0.717) is 0 Å². The van der Waals surface area contributed by atoms with Crippen molar-refractivity contribution in [3.8, 4) is 0 Å². The molecule has 0 saturated heterocycles. The van der Waals surface area contributed by atoms with E-state index in [-0.39, 0.29) is 5.69 Å².